The Bertz CT molecular complexity index is 1280. The molecule has 10 heteroatoms. The van der Waals surface area contributed by atoms with Crippen LogP contribution in [0.2, 0.25) is 5.02 Å². The van der Waals surface area contributed by atoms with Crippen LogP contribution in [0.25, 0.3) is 16.8 Å². The first-order valence-electron chi connectivity index (χ1n) is 9.46. The third-order valence-corrected chi connectivity index (χ3v) is 6.17. The van der Waals surface area contributed by atoms with Gasteiger partial charge in [0.25, 0.3) is 5.60 Å². The van der Waals surface area contributed by atoms with Gasteiger partial charge in [-0.3, -0.25) is 0 Å². The number of nitrogens with zero attached hydrogens (tertiary/aromatic N) is 1. The summed E-state index contributed by atoms with van der Waals surface area (Å²) in [4.78, 5) is 4.80. The van der Waals surface area contributed by atoms with Gasteiger partial charge in [0, 0.05) is 21.5 Å². The highest BCUT2D eigenvalue weighted by Gasteiger charge is 2.62. The topological polar surface area (TPSA) is 21.6 Å². The van der Waals surface area contributed by atoms with Crippen LogP contribution >= 0.6 is 27.5 Å². The average molecular weight is 549 g/mol. The van der Waals surface area contributed by atoms with Gasteiger partial charge in [-0.25, -0.2) is 0 Å². The smallest absolute Gasteiger partial charge is 0.374 e. The van der Waals surface area contributed by atoms with Gasteiger partial charge in [-0.1, -0.05) is 69.1 Å². The first kappa shape index (κ1) is 23.6. The maximum absolute atomic E-state index is 14.1. The minimum Gasteiger partial charge on any atom is -0.374 e. The number of halogens is 8. The zero-order valence-corrected chi connectivity index (χ0v) is 18.8. The van der Waals surface area contributed by atoms with E-state index in [0.29, 0.717) is 12.1 Å². The predicted molar refractivity (Wildman–Crippen MR) is 118 cm³/mol. The number of alkyl halides is 6. The molecule has 33 heavy (non-hydrogen) atoms. The lowest BCUT2D eigenvalue weighted by atomic mass is 9.87. The number of hydrogen-bond donors (Lipinski definition) is 0. The summed E-state index contributed by atoms with van der Waals surface area (Å²) in [5.74, 6) is 0. The summed E-state index contributed by atoms with van der Waals surface area (Å²) in [6.45, 7) is 0. The molecular weight excluding hydrogens is 536 g/mol. The zero-order chi connectivity index (χ0) is 24.0. The molecule has 3 aromatic carbocycles. The Kier molecular flexibility index (Phi) is 5.99. The molecule has 1 heterocycles. The van der Waals surface area contributed by atoms with E-state index >= 15 is 0 Å². The quantitative estimate of drug-likeness (QED) is 0.301. The van der Waals surface area contributed by atoms with Crippen LogP contribution in [0.5, 0.6) is 0 Å². The van der Waals surface area contributed by atoms with Crippen LogP contribution in [-0.4, -0.2) is 11.9 Å². The number of benzene rings is 3. The normalized spacial score (nSPS) is 19.2. The van der Waals surface area contributed by atoms with Gasteiger partial charge in [0.1, 0.15) is 0 Å². The molecule has 2 nitrogen and oxygen atoms in total. The Morgan fingerprint density at radius 3 is 2.30 bits per heavy atom. The summed E-state index contributed by atoms with van der Waals surface area (Å²) < 4.78 is 82.7. The van der Waals surface area contributed by atoms with Crippen LogP contribution in [0, 0.1) is 0 Å². The summed E-state index contributed by atoms with van der Waals surface area (Å²) >= 11 is 9.17. The van der Waals surface area contributed by atoms with Crippen LogP contribution in [-0.2, 0) is 16.6 Å². The molecule has 0 aromatic heterocycles. The van der Waals surface area contributed by atoms with Gasteiger partial charge >= 0.3 is 12.4 Å². The number of rotatable bonds is 3. The summed E-state index contributed by atoms with van der Waals surface area (Å²) in [5, 5.41) is 4.82. The second-order valence-electron chi connectivity index (χ2n) is 7.42. The molecule has 0 spiro atoms. The maximum Gasteiger partial charge on any atom is 0.435 e. The van der Waals surface area contributed by atoms with Crippen LogP contribution in [0.1, 0.15) is 23.1 Å². The van der Waals surface area contributed by atoms with Gasteiger partial charge in [-0.15, -0.1) is 0 Å². The lowest BCUT2D eigenvalue weighted by Crippen LogP contribution is -2.42. The van der Waals surface area contributed by atoms with Gasteiger partial charge in [0.2, 0.25) is 0 Å². The van der Waals surface area contributed by atoms with Crippen LogP contribution in [0.4, 0.5) is 26.3 Å². The Balaban J connectivity index is 1.70. The van der Waals surface area contributed by atoms with E-state index < -0.39 is 40.5 Å². The van der Waals surface area contributed by atoms with Crippen molar-refractivity contribution < 1.29 is 31.2 Å². The van der Waals surface area contributed by atoms with Gasteiger partial charge in [0.15, 0.2) is 0 Å². The van der Waals surface area contributed by atoms with Crippen LogP contribution in [0.3, 0.4) is 0 Å². The fraction of sp³-hybridized carbons (Fsp3) is 0.174. The SMILES string of the molecule is FC(F)(F)c1cc(Cl)cc(C2(C(F)(F)F)CC(C=Cc3ccc(Br)c4ccccc34)=NO2)c1. The predicted octanol–water partition coefficient (Wildman–Crippen LogP) is 8.52. The van der Waals surface area contributed by atoms with Gasteiger partial charge in [0.05, 0.1) is 11.3 Å². The summed E-state index contributed by atoms with van der Waals surface area (Å²) in [7, 11) is 0. The number of hydrogen-bond acceptors (Lipinski definition) is 2. The van der Waals surface area contributed by atoms with E-state index in [-0.39, 0.29) is 5.71 Å². The highest BCUT2D eigenvalue weighted by molar-refractivity contribution is 9.10. The van der Waals surface area contributed by atoms with Crippen molar-refractivity contribution in [1.29, 1.82) is 0 Å². The first-order valence-corrected chi connectivity index (χ1v) is 10.6. The van der Waals surface area contributed by atoms with Crippen molar-refractivity contribution in [2.45, 2.75) is 24.4 Å². The average Bonchev–Trinajstić information content (AvgIpc) is 3.18. The lowest BCUT2D eigenvalue weighted by molar-refractivity contribution is -0.276. The molecule has 1 aliphatic heterocycles. The third-order valence-electron chi connectivity index (χ3n) is 5.26. The van der Waals surface area contributed by atoms with E-state index in [0.717, 1.165) is 26.9 Å². The van der Waals surface area contributed by atoms with Crippen molar-refractivity contribution in [1.82, 2.24) is 0 Å². The first-order chi connectivity index (χ1) is 15.4. The molecular formula is C23H13BrClF6NO. The van der Waals surface area contributed by atoms with E-state index in [1.165, 1.54) is 6.08 Å². The summed E-state index contributed by atoms with van der Waals surface area (Å²) in [6, 6.07) is 12.8. The van der Waals surface area contributed by atoms with Gasteiger partial charge < -0.3 is 4.84 Å². The van der Waals surface area contributed by atoms with Crippen molar-refractivity contribution in [3.8, 4) is 0 Å². The highest BCUT2D eigenvalue weighted by atomic mass is 79.9. The molecule has 1 unspecified atom stereocenters. The molecule has 0 saturated heterocycles. The van der Waals surface area contributed by atoms with Gasteiger partial charge in [-0.2, -0.15) is 26.3 Å². The van der Waals surface area contributed by atoms with Crippen molar-refractivity contribution in [2.75, 3.05) is 0 Å². The number of oxime groups is 1. The van der Waals surface area contributed by atoms with E-state index in [2.05, 4.69) is 21.1 Å². The molecule has 172 valence electrons. The number of allylic oxidation sites excluding steroid dienone is 1. The molecule has 1 aliphatic rings. The van der Waals surface area contributed by atoms with Crippen molar-refractivity contribution in [2.24, 2.45) is 5.16 Å². The molecule has 0 amide bonds. The summed E-state index contributed by atoms with van der Waals surface area (Å²) in [6.07, 6.45) is -7.79. The van der Waals surface area contributed by atoms with Crippen molar-refractivity contribution in [3.05, 3.63) is 86.9 Å². The molecule has 0 fully saturated rings. The monoisotopic (exact) mass is 547 g/mol. The standard InChI is InChI=1S/C23H13BrClF6NO/c24-20-8-6-13(18-3-1-2-4-19(18)20)5-7-17-12-21(33-32-17,23(29,30)31)14-9-15(22(26,27)28)11-16(25)10-14/h1-11H,12H2. The van der Waals surface area contributed by atoms with E-state index in [4.69, 9.17) is 16.4 Å². The Hall–Kier alpha value is -2.52. The summed E-state index contributed by atoms with van der Waals surface area (Å²) in [5.41, 5.74) is -4.51. The van der Waals surface area contributed by atoms with Gasteiger partial charge in [-0.05, 0) is 46.7 Å². The zero-order valence-electron chi connectivity index (χ0n) is 16.4. The van der Waals surface area contributed by atoms with E-state index in [1.807, 2.05) is 24.3 Å². The molecule has 0 N–H and O–H groups in total. The molecule has 0 aliphatic carbocycles. The Morgan fingerprint density at radius 2 is 1.64 bits per heavy atom. The van der Waals surface area contributed by atoms with Crippen LogP contribution in [0.15, 0.2) is 70.3 Å². The molecule has 0 saturated carbocycles. The van der Waals surface area contributed by atoms with Crippen LogP contribution < -0.4 is 0 Å². The molecule has 4 rings (SSSR count). The minimum atomic E-state index is -5.05. The minimum absolute atomic E-state index is 0.0761. The van der Waals surface area contributed by atoms with Crippen molar-refractivity contribution >= 4 is 50.1 Å². The van der Waals surface area contributed by atoms with E-state index in [9.17, 15) is 26.3 Å². The Morgan fingerprint density at radius 1 is 0.939 bits per heavy atom. The fourth-order valence-electron chi connectivity index (χ4n) is 3.62. The largest absolute Gasteiger partial charge is 0.435 e. The second-order valence-corrected chi connectivity index (χ2v) is 8.71. The van der Waals surface area contributed by atoms with E-state index in [1.54, 1.807) is 18.2 Å². The lowest BCUT2D eigenvalue weighted by Gasteiger charge is -2.30. The number of fused-ring (bicyclic) bond motifs is 1. The molecule has 0 radical (unpaired) electrons. The molecule has 3 aromatic rings. The molecule has 0 bridgehead atoms. The maximum atomic E-state index is 14.1. The fourth-order valence-corrected chi connectivity index (χ4v) is 4.33. The molecule has 1 atom stereocenters. The third kappa shape index (κ3) is 4.48. The van der Waals surface area contributed by atoms with Crippen molar-refractivity contribution in [3.63, 3.8) is 0 Å². The second kappa shape index (κ2) is 8.36. The Labute approximate surface area is 197 Å². The highest BCUT2D eigenvalue weighted by Crippen LogP contribution is 2.49.